The first kappa shape index (κ1) is 18.9. The quantitative estimate of drug-likeness (QED) is 0.795. The third-order valence-electron chi connectivity index (χ3n) is 4.10. The first-order valence-corrected chi connectivity index (χ1v) is 9.15. The lowest BCUT2D eigenvalue weighted by Gasteiger charge is -2.11. The average Bonchev–Trinajstić information content (AvgIpc) is 3.13. The van der Waals surface area contributed by atoms with Crippen LogP contribution in [-0.2, 0) is 0 Å². The number of hydrogen-bond acceptors (Lipinski definition) is 6. The third-order valence-corrected chi connectivity index (χ3v) is 4.10. The maximum absolute atomic E-state index is 9.27. The Labute approximate surface area is 158 Å². The van der Waals surface area contributed by atoms with E-state index in [0.29, 0.717) is 36.4 Å². The fourth-order valence-corrected chi connectivity index (χ4v) is 2.75. The largest absolute Gasteiger partial charge is 0.490 e. The molecule has 0 spiro atoms. The van der Waals surface area contributed by atoms with E-state index in [1.165, 1.54) is 0 Å². The van der Waals surface area contributed by atoms with Gasteiger partial charge in [-0.2, -0.15) is 4.98 Å². The van der Waals surface area contributed by atoms with Crippen molar-refractivity contribution in [1.82, 2.24) is 10.1 Å². The van der Waals surface area contributed by atoms with Crippen LogP contribution in [0.3, 0.4) is 0 Å². The van der Waals surface area contributed by atoms with Crippen LogP contribution >= 0.6 is 0 Å². The van der Waals surface area contributed by atoms with Crippen molar-refractivity contribution in [1.29, 1.82) is 0 Å². The SMILES string of the molecule is CCOc1ccc(-c2nc(C3=CC=CC(CO)CC=C3)no2)cc1OCC. The molecule has 1 unspecified atom stereocenters. The van der Waals surface area contributed by atoms with Crippen LogP contribution in [0.25, 0.3) is 17.0 Å². The number of hydrogen-bond donors (Lipinski definition) is 1. The number of allylic oxidation sites excluding steroid dienone is 5. The molecule has 0 radical (unpaired) electrons. The molecule has 1 aromatic heterocycles. The smallest absolute Gasteiger partial charge is 0.258 e. The maximum atomic E-state index is 9.27. The summed E-state index contributed by atoms with van der Waals surface area (Å²) in [5, 5.41) is 13.4. The van der Waals surface area contributed by atoms with E-state index in [1.54, 1.807) is 0 Å². The molecule has 1 atom stereocenters. The summed E-state index contributed by atoms with van der Waals surface area (Å²) in [6.45, 7) is 5.10. The molecule has 27 heavy (non-hydrogen) atoms. The summed E-state index contributed by atoms with van der Waals surface area (Å²) in [4.78, 5) is 4.52. The molecule has 6 nitrogen and oxygen atoms in total. The topological polar surface area (TPSA) is 77.6 Å². The molecule has 0 aliphatic heterocycles. The second-order valence-corrected chi connectivity index (χ2v) is 6.04. The highest BCUT2D eigenvalue weighted by Crippen LogP contribution is 2.32. The number of benzene rings is 1. The summed E-state index contributed by atoms with van der Waals surface area (Å²) >= 11 is 0. The van der Waals surface area contributed by atoms with Crippen molar-refractivity contribution in [2.75, 3.05) is 19.8 Å². The molecule has 0 saturated carbocycles. The number of aliphatic hydroxyl groups excluding tert-OH is 1. The number of aliphatic hydroxyl groups is 1. The van der Waals surface area contributed by atoms with Crippen molar-refractivity contribution in [2.45, 2.75) is 20.3 Å². The highest BCUT2D eigenvalue weighted by molar-refractivity contribution is 5.72. The number of ether oxygens (including phenoxy) is 2. The van der Waals surface area contributed by atoms with Gasteiger partial charge in [-0.05, 0) is 38.5 Å². The Balaban J connectivity index is 1.86. The van der Waals surface area contributed by atoms with E-state index in [9.17, 15) is 5.11 Å². The van der Waals surface area contributed by atoms with Crippen LogP contribution in [0.2, 0.25) is 0 Å². The molecule has 1 N–H and O–H groups in total. The molecule has 0 fully saturated rings. The molecule has 1 aliphatic rings. The van der Waals surface area contributed by atoms with E-state index in [2.05, 4.69) is 10.1 Å². The van der Waals surface area contributed by atoms with Gasteiger partial charge in [-0.25, -0.2) is 0 Å². The summed E-state index contributed by atoms with van der Waals surface area (Å²) in [7, 11) is 0. The van der Waals surface area contributed by atoms with E-state index in [-0.39, 0.29) is 12.5 Å². The molecule has 3 rings (SSSR count). The first-order valence-electron chi connectivity index (χ1n) is 9.15. The van der Waals surface area contributed by atoms with Crippen LogP contribution in [0.1, 0.15) is 26.1 Å². The zero-order valence-electron chi connectivity index (χ0n) is 15.6. The fraction of sp³-hybridized carbons (Fsp3) is 0.333. The molecule has 1 aromatic carbocycles. The van der Waals surface area contributed by atoms with Crippen molar-refractivity contribution in [3.05, 3.63) is 54.4 Å². The van der Waals surface area contributed by atoms with Gasteiger partial charge in [0.1, 0.15) is 0 Å². The van der Waals surface area contributed by atoms with Crippen molar-refractivity contribution >= 4 is 5.57 Å². The molecule has 2 aromatic rings. The second-order valence-electron chi connectivity index (χ2n) is 6.04. The van der Waals surface area contributed by atoms with Crippen molar-refractivity contribution < 1.29 is 19.1 Å². The van der Waals surface area contributed by atoms with Gasteiger partial charge in [-0.1, -0.05) is 35.5 Å². The van der Waals surface area contributed by atoms with Crippen molar-refractivity contribution in [2.24, 2.45) is 5.92 Å². The van der Waals surface area contributed by atoms with Crippen LogP contribution in [0.15, 0.2) is 53.1 Å². The molecule has 1 aliphatic carbocycles. The van der Waals surface area contributed by atoms with Crippen LogP contribution in [0, 0.1) is 5.92 Å². The molecular weight excluding hydrogens is 344 g/mol. The Morgan fingerprint density at radius 1 is 1.19 bits per heavy atom. The Hall–Kier alpha value is -2.86. The zero-order chi connectivity index (χ0) is 19.1. The highest BCUT2D eigenvalue weighted by atomic mass is 16.5. The molecule has 0 saturated heterocycles. The molecule has 142 valence electrons. The fourth-order valence-electron chi connectivity index (χ4n) is 2.75. The van der Waals surface area contributed by atoms with E-state index in [0.717, 1.165) is 17.6 Å². The summed E-state index contributed by atoms with van der Waals surface area (Å²) in [6.07, 6.45) is 10.5. The first-order chi connectivity index (χ1) is 13.2. The lowest BCUT2D eigenvalue weighted by Crippen LogP contribution is -2.01. The minimum atomic E-state index is 0.135. The van der Waals surface area contributed by atoms with Gasteiger partial charge in [0, 0.05) is 23.7 Å². The minimum Gasteiger partial charge on any atom is -0.490 e. The van der Waals surface area contributed by atoms with Gasteiger partial charge in [0.2, 0.25) is 5.82 Å². The van der Waals surface area contributed by atoms with E-state index >= 15 is 0 Å². The summed E-state index contributed by atoms with van der Waals surface area (Å²) in [5.41, 5.74) is 1.63. The number of nitrogens with zero attached hydrogens (tertiary/aromatic N) is 2. The van der Waals surface area contributed by atoms with Gasteiger partial charge in [0.15, 0.2) is 11.5 Å². The van der Waals surface area contributed by atoms with Gasteiger partial charge < -0.3 is 19.1 Å². The van der Waals surface area contributed by atoms with Crippen molar-refractivity contribution in [3.63, 3.8) is 0 Å². The van der Waals surface area contributed by atoms with Gasteiger partial charge in [-0.15, -0.1) is 0 Å². The van der Waals surface area contributed by atoms with E-state index < -0.39 is 0 Å². The summed E-state index contributed by atoms with van der Waals surface area (Å²) in [6, 6.07) is 5.57. The molecular formula is C21H24N2O4. The third kappa shape index (κ3) is 4.65. The zero-order valence-corrected chi connectivity index (χ0v) is 15.6. The predicted octanol–water partition coefficient (Wildman–Crippen LogP) is 4.04. The Morgan fingerprint density at radius 2 is 2.00 bits per heavy atom. The standard InChI is InChI=1S/C21H24N2O4/c1-3-25-18-12-11-17(13-19(18)26-4-2)21-22-20(23-27-21)16-9-5-7-15(14-24)8-6-10-16/h5-7,9-13,15,24H,3-4,8,14H2,1-2H3. The van der Waals surface area contributed by atoms with Gasteiger partial charge in [0.25, 0.3) is 5.89 Å². The average molecular weight is 368 g/mol. The number of rotatable bonds is 7. The van der Waals surface area contributed by atoms with E-state index in [4.69, 9.17) is 14.0 Å². The van der Waals surface area contributed by atoms with Crippen LogP contribution < -0.4 is 9.47 Å². The Morgan fingerprint density at radius 3 is 2.78 bits per heavy atom. The Bertz CT molecular complexity index is 852. The lowest BCUT2D eigenvalue weighted by molar-refractivity contribution is 0.253. The van der Waals surface area contributed by atoms with Crippen molar-refractivity contribution in [3.8, 4) is 23.0 Å². The van der Waals surface area contributed by atoms with Gasteiger partial charge in [-0.3, -0.25) is 0 Å². The van der Waals surface area contributed by atoms with Gasteiger partial charge >= 0.3 is 0 Å². The maximum Gasteiger partial charge on any atom is 0.258 e. The molecule has 0 bridgehead atoms. The molecule has 6 heteroatoms. The normalized spacial score (nSPS) is 16.6. The summed E-state index contributed by atoms with van der Waals surface area (Å²) < 4.78 is 16.7. The highest BCUT2D eigenvalue weighted by Gasteiger charge is 2.15. The second kappa shape index (κ2) is 9.19. The monoisotopic (exact) mass is 368 g/mol. The van der Waals surface area contributed by atoms with Crippen LogP contribution in [0.5, 0.6) is 11.5 Å². The summed E-state index contributed by atoms with van der Waals surface area (Å²) in [5.74, 6) is 2.42. The van der Waals surface area contributed by atoms with Gasteiger partial charge in [0.05, 0.1) is 13.2 Å². The predicted molar refractivity (Wildman–Crippen MR) is 104 cm³/mol. The molecule has 1 heterocycles. The number of aromatic nitrogens is 2. The molecule has 0 amide bonds. The Kier molecular flexibility index (Phi) is 6.44. The van der Waals surface area contributed by atoms with Crippen LogP contribution in [-0.4, -0.2) is 35.1 Å². The van der Waals surface area contributed by atoms with E-state index in [1.807, 2.05) is 62.4 Å². The lowest BCUT2D eigenvalue weighted by atomic mass is 10.0. The van der Waals surface area contributed by atoms with Crippen LogP contribution in [0.4, 0.5) is 0 Å². The minimum absolute atomic E-state index is 0.135.